The maximum absolute atomic E-state index is 12.8. The van der Waals surface area contributed by atoms with Crippen LogP contribution in [0.5, 0.6) is 0 Å². The zero-order valence-electron chi connectivity index (χ0n) is 20.5. The Labute approximate surface area is 203 Å². The van der Waals surface area contributed by atoms with Gasteiger partial charge in [0.05, 0.1) is 24.5 Å². The summed E-state index contributed by atoms with van der Waals surface area (Å²) in [6, 6.07) is 9.03. The first kappa shape index (κ1) is 29.1. The number of hydrogen-bond donors (Lipinski definition) is 3. The van der Waals surface area contributed by atoms with Gasteiger partial charge in [-0.2, -0.15) is 0 Å². The van der Waals surface area contributed by atoms with Crippen LogP contribution >= 0.6 is 0 Å². The fourth-order valence-electron chi connectivity index (χ4n) is 3.53. The van der Waals surface area contributed by atoms with Crippen LogP contribution in [0.15, 0.2) is 55.6 Å². The van der Waals surface area contributed by atoms with E-state index < -0.39 is 12.0 Å². The van der Waals surface area contributed by atoms with Crippen LogP contribution in [-0.2, 0) is 25.5 Å². The zero-order valence-corrected chi connectivity index (χ0v) is 20.5. The maximum atomic E-state index is 12.8. The molecular weight excluding hydrogens is 432 g/mol. The second kappa shape index (κ2) is 16.6. The number of esters is 1. The molecular formula is C27H40N2O5. The average Bonchev–Trinajstić information content (AvgIpc) is 2.82. The largest absolute Gasteiger partial charge is 0.463 e. The van der Waals surface area contributed by atoms with Gasteiger partial charge in [-0.3, -0.25) is 14.4 Å². The van der Waals surface area contributed by atoms with Crippen molar-refractivity contribution >= 4 is 17.8 Å². The molecule has 0 saturated heterocycles. The Kier molecular flexibility index (Phi) is 14.2. The van der Waals surface area contributed by atoms with Crippen molar-refractivity contribution in [1.29, 1.82) is 0 Å². The van der Waals surface area contributed by atoms with E-state index in [1.165, 1.54) is 0 Å². The third-order valence-corrected chi connectivity index (χ3v) is 5.42. The molecule has 0 heterocycles. The van der Waals surface area contributed by atoms with Crippen LogP contribution < -0.4 is 10.6 Å². The Balaban J connectivity index is 2.62. The predicted molar refractivity (Wildman–Crippen MR) is 134 cm³/mol. The molecule has 0 unspecified atom stereocenters. The summed E-state index contributed by atoms with van der Waals surface area (Å²) >= 11 is 0. The molecule has 7 nitrogen and oxygen atoms in total. The van der Waals surface area contributed by atoms with Crippen LogP contribution in [-0.4, -0.2) is 48.2 Å². The Morgan fingerprint density at radius 3 is 2.35 bits per heavy atom. The number of nitrogens with one attached hydrogen (secondary N) is 2. The van der Waals surface area contributed by atoms with Gasteiger partial charge in [-0.05, 0) is 51.5 Å². The van der Waals surface area contributed by atoms with E-state index >= 15 is 0 Å². The van der Waals surface area contributed by atoms with Gasteiger partial charge in [0.2, 0.25) is 11.8 Å². The molecule has 2 amide bonds. The van der Waals surface area contributed by atoms with Gasteiger partial charge >= 0.3 is 5.97 Å². The van der Waals surface area contributed by atoms with Gasteiger partial charge in [-0.25, -0.2) is 0 Å². The standard InChI is InChI=1S/C27H40N2O5/c1-5-7-9-15-24(16-22-13-10-8-11-14-22)27(33)34-19-21(4)29-26(32)23(12-6-2)17-25(31)28-20(3)18-30/h5-6,8,10-11,13-14,20-21,23-24,30H,1-2,7,9,12,15-19H2,3-4H3,(H,28,31)(H,29,32)/t20-,21+,23-,24-/m1/s1. The van der Waals surface area contributed by atoms with E-state index in [9.17, 15) is 14.4 Å². The zero-order chi connectivity index (χ0) is 25.3. The maximum Gasteiger partial charge on any atom is 0.309 e. The third-order valence-electron chi connectivity index (χ3n) is 5.42. The minimum absolute atomic E-state index is 0.0167. The minimum Gasteiger partial charge on any atom is -0.463 e. The lowest BCUT2D eigenvalue weighted by Crippen LogP contribution is -2.43. The molecule has 34 heavy (non-hydrogen) atoms. The van der Waals surface area contributed by atoms with Crippen LogP contribution in [0.25, 0.3) is 0 Å². The summed E-state index contributed by atoms with van der Waals surface area (Å²) in [4.78, 5) is 37.6. The highest BCUT2D eigenvalue weighted by Crippen LogP contribution is 2.18. The molecule has 0 saturated carbocycles. The Morgan fingerprint density at radius 1 is 1.03 bits per heavy atom. The smallest absolute Gasteiger partial charge is 0.309 e. The normalized spacial score (nSPS) is 14.2. The summed E-state index contributed by atoms with van der Waals surface area (Å²) in [5.74, 6) is -1.76. The fraction of sp³-hybridized carbons (Fsp3) is 0.519. The number of ether oxygens (including phenoxy) is 1. The number of amides is 2. The fourth-order valence-corrected chi connectivity index (χ4v) is 3.53. The van der Waals surface area contributed by atoms with Crippen molar-refractivity contribution in [2.45, 2.75) is 64.5 Å². The van der Waals surface area contributed by atoms with Crippen molar-refractivity contribution in [3.63, 3.8) is 0 Å². The molecule has 1 aromatic carbocycles. The van der Waals surface area contributed by atoms with Crippen LogP contribution in [0.2, 0.25) is 0 Å². The second-order valence-corrected chi connectivity index (χ2v) is 8.72. The van der Waals surface area contributed by atoms with E-state index in [1.54, 1.807) is 19.9 Å². The first-order chi connectivity index (χ1) is 16.3. The van der Waals surface area contributed by atoms with Crippen LogP contribution in [0, 0.1) is 11.8 Å². The summed E-state index contributed by atoms with van der Waals surface area (Å²) in [6.45, 7) is 10.7. The van der Waals surface area contributed by atoms with Gasteiger partial charge in [0.25, 0.3) is 0 Å². The Morgan fingerprint density at radius 2 is 1.74 bits per heavy atom. The Bertz CT molecular complexity index is 780. The second-order valence-electron chi connectivity index (χ2n) is 8.72. The highest BCUT2D eigenvalue weighted by molar-refractivity contribution is 5.86. The van der Waals surface area contributed by atoms with Gasteiger partial charge in [0.15, 0.2) is 0 Å². The van der Waals surface area contributed by atoms with Crippen LogP contribution in [0.4, 0.5) is 0 Å². The number of aliphatic hydroxyl groups excluding tert-OH is 1. The number of carbonyl (C=O) groups is 3. The lowest BCUT2D eigenvalue weighted by Gasteiger charge is -2.21. The summed E-state index contributed by atoms with van der Waals surface area (Å²) in [5, 5.41) is 14.5. The number of rotatable bonds is 17. The highest BCUT2D eigenvalue weighted by atomic mass is 16.5. The highest BCUT2D eigenvalue weighted by Gasteiger charge is 2.24. The number of unbranched alkanes of at least 4 members (excludes halogenated alkanes) is 1. The van der Waals surface area contributed by atoms with E-state index in [2.05, 4.69) is 23.8 Å². The number of benzene rings is 1. The minimum atomic E-state index is -0.591. The quantitative estimate of drug-likeness (QED) is 0.183. The first-order valence-electron chi connectivity index (χ1n) is 11.9. The molecule has 0 aliphatic rings. The summed E-state index contributed by atoms with van der Waals surface area (Å²) < 4.78 is 5.55. The molecule has 188 valence electrons. The van der Waals surface area contributed by atoms with E-state index in [-0.39, 0.29) is 49.4 Å². The van der Waals surface area contributed by atoms with E-state index in [0.717, 1.165) is 18.4 Å². The van der Waals surface area contributed by atoms with E-state index in [4.69, 9.17) is 9.84 Å². The molecule has 3 N–H and O–H groups in total. The number of allylic oxidation sites excluding steroid dienone is 2. The average molecular weight is 473 g/mol. The van der Waals surface area contributed by atoms with Crippen LogP contribution in [0.1, 0.15) is 51.5 Å². The van der Waals surface area contributed by atoms with Gasteiger partial charge in [-0.1, -0.05) is 42.5 Å². The van der Waals surface area contributed by atoms with Gasteiger partial charge < -0.3 is 20.5 Å². The first-order valence-corrected chi connectivity index (χ1v) is 11.9. The number of carbonyl (C=O) groups excluding carboxylic acids is 3. The van der Waals surface area contributed by atoms with Gasteiger partial charge in [0.1, 0.15) is 6.61 Å². The molecule has 0 spiro atoms. The molecule has 0 fully saturated rings. The molecule has 1 rings (SSSR count). The topological polar surface area (TPSA) is 105 Å². The molecule has 7 heteroatoms. The van der Waals surface area contributed by atoms with Gasteiger partial charge in [0, 0.05) is 12.5 Å². The molecule has 4 atom stereocenters. The predicted octanol–water partition coefficient (Wildman–Crippen LogP) is 3.33. The van der Waals surface area contributed by atoms with Crippen molar-refractivity contribution in [3.8, 4) is 0 Å². The summed E-state index contributed by atoms with van der Waals surface area (Å²) in [7, 11) is 0. The monoisotopic (exact) mass is 472 g/mol. The number of hydrogen-bond acceptors (Lipinski definition) is 5. The van der Waals surface area contributed by atoms with Crippen molar-refractivity contribution in [3.05, 3.63) is 61.2 Å². The van der Waals surface area contributed by atoms with E-state index in [0.29, 0.717) is 19.3 Å². The molecule has 0 aliphatic heterocycles. The van der Waals surface area contributed by atoms with Crippen LogP contribution in [0.3, 0.4) is 0 Å². The number of aliphatic hydroxyl groups is 1. The third kappa shape index (κ3) is 11.8. The van der Waals surface area contributed by atoms with Gasteiger partial charge in [-0.15, -0.1) is 13.2 Å². The molecule has 0 aromatic heterocycles. The van der Waals surface area contributed by atoms with Crippen molar-refractivity contribution in [2.75, 3.05) is 13.2 Å². The molecule has 1 aromatic rings. The summed E-state index contributed by atoms with van der Waals surface area (Å²) in [6.07, 6.45) is 6.73. The Hall–Kier alpha value is -2.93. The SMILES string of the molecule is C=CCCC[C@H](Cc1ccccc1)C(=O)OC[C@H](C)NC(=O)[C@H](CC=C)CC(=O)N[C@H](C)CO. The van der Waals surface area contributed by atoms with Crippen molar-refractivity contribution in [1.82, 2.24) is 10.6 Å². The molecule has 0 radical (unpaired) electrons. The van der Waals surface area contributed by atoms with E-state index in [1.807, 2.05) is 36.4 Å². The van der Waals surface area contributed by atoms with Crippen molar-refractivity contribution < 1.29 is 24.2 Å². The lowest BCUT2D eigenvalue weighted by molar-refractivity contribution is -0.150. The molecule has 0 bridgehead atoms. The molecule has 0 aliphatic carbocycles. The lowest BCUT2D eigenvalue weighted by atomic mass is 9.94. The summed E-state index contributed by atoms with van der Waals surface area (Å²) in [5.41, 5.74) is 1.07. The van der Waals surface area contributed by atoms with Crippen molar-refractivity contribution in [2.24, 2.45) is 11.8 Å².